The van der Waals surface area contributed by atoms with Gasteiger partial charge in [-0.25, -0.2) is 14.1 Å². The van der Waals surface area contributed by atoms with Gasteiger partial charge in [-0.15, -0.1) is 4.68 Å². The predicted molar refractivity (Wildman–Crippen MR) is 164 cm³/mol. The number of rotatable bonds is 5. The number of halogens is 2. The van der Waals surface area contributed by atoms with E-state index in [1.807, 2.05) is 12.1 Å². The van der Waals surface area contributed by atoms with Crippen LogP contribution < -0.4 is 14.3 Å². The third-order valence-electron chi connectivity index (χ3n) is 7.62. The van der Waals surface area contributed by atoms with Crippen molar-refractivity contribution in [2.75, 3.05) is 4.90 Å². The number of carbonyl (C=O) groups excluding carboxylic acids is 2. The molecule has 0 unspecified atom stereocenters. The summed E-state index contributed by atoms with van der Waals surface area (Å²) in [5.41, 5.74) is 5.24. The standard InChI is InChI=1S/C17H17ClFNO4.C17H17N2/c1-9(2)15-16(21)20(17(22)24-15)13-8-14(11(18)7-12(13)19)23-10-5-3-4-6-10;1-18-16(14-9-5-3-6-10-14)13-17(19(18)2)15-11-7-4-8-12-15/h7-8,10H,3-6H2,1-2H3;3-13H,1-2H3/q;+1. The first-order valence-corrected chi connectivity index (χ1v) is 14.6. The summed E-state index contributed by atoms with van der Waals surface area (Å²) in [5, 5.41) is 0.102. The molecule has 7 nitrogen and oxygen atoms in total. The van der Waals surface area contributed by atoms with Crippen LogP contribution in [0, 0.1) is 5.82 Å². The zero-order chi connectivity index (χ0) is 30.7. The second-order valence-corrected chi connectivity index (χ2v) is 11.2. The molecule has 43 heavy (non-hydrogen) atoms. The van der Waals surface area contributed by atoms with Crippen molar-refractivity contribution in [3.05, 3.63) is 101 Å². The molecule has 1 saturated carbocycles. The highest BCUT2D eigenvalue weighted by atomic mass is 35.5. The lowest BCUT2D eigenvalue weighted by Crippen LogP contribution is -2.39. The zero-order valence-electron chi connectivity index (χ0n) is 24.6. The summed E-state index contributed by atoms with van der Waals surface area (Å²) in [6.07, 6.45) is 3.00. The van der Waals surface area contributed by atoms with E-state index in [4.69, 9.17) is 21.1 Å². The molecule has 4 aromatic rings. The SMILES string of the molecule is CC(C)=C1OC(=O)N(c2cc(OC3CCCC3)c(Cl)cc2F)C1=O.Cn1c(-c2ccccc2)cc(-c2ccccc2)[n+]1C. The fourth-order valence-electron chi connectivity index (χ4n) is 5.25. The van der Waals surface area contributed by atoms with Gasteiger partial charge in [0.15, 0.2) is 12.8 Å². The Morgan fingerprint density at radius 2 is 1.56 bits per heavy atom. The Hall–Kier alpha value is -4.43. The molecule has 3 aromatic carbocycles. The third-order valence-corrected chi connectivity index (χ3v) is 7.92. The fourth-order valence-corrected chi connectivity index (χ4v) is 5.44. The van der Waals surface area contributed by atoms with Crippen LogP contribution >= 0.6 is 11.6 Å². The number of nitrogens with zero attached hydrogens (tertiary/aromatic N) is 3. The lowest BCUT2D eigenvalue weighted by molar-refractivity contribution is -0.740. The van der Waals surface area contributed by atoms with Gasteiger partial charge in [-0.1, -0.05) is 60.1 Å². The first-order chi connectivity index (χ1) is 20.7. The van der Waals surface area contributed by atoms with Crippen molar-refractivity contribution in [2.45, 2.75) is 45.6 Å². The van der Waals surface area contributed by atoms with Crippen LogP contribution in [0.3, 0.4) is 0 Å². The Bertz CT molecular complexity index is 1610. The number of ether oxygens (including phenoxy) is 2. The van der Waals surface area contributed by atoms with Crippen molar-refractivity contribution in [2.24, 2.45) is 14.1 Å². The largest absolute Gasteiger partial charge is 0.489 e. The Labute approximate surface area is 255 Å². The van der Waals surface area contributed by atoms with E-state index in [9.17, 15) is 14.0 Å². The molecule has 2 heterocycles. The van der Waals surface area contributed by atoms with Gasteiger partial charge in [-0.2, -0.15) is 4.68 Å². The number of amides is 2. The van der Waals surface area contributed by atoms with Crippen molar-refractivity contribution in [1.82, 2.24) is 4.68 Å². The van der Waals surface area contributed by atoms with Gasteiger partial charge in [-0.05, 0) is 63.3 Å². The lowest BCUT2D eigenvalue weighted by Gasteiger charge is -2.18. The van der Waals surface area contributed by atoms with Crippen LogP contribution in [0.5, 0.6) is 5.75 Å². The van der Waals surface area contributed by atoms with Crippen molar-refractivity contribution >= 4 is 29.3 Å². The lowest BCUT2D eigenvalue weighted by atomic mass is 10.1. The summed E-state index contributed by atoms with van der Waals surface area (Å²) in [6, 6.07) is 25.5. The minimum atomic E-state index is -0.941. The monoisotopic (exact) mass is 602 g/mol. The summed E-state index contributed by atoms with van der Waals surface area (Å²) in [5.74, 6) is -1.33. The highest BCUT2D eigenvalue weighted by Crippen LogP contribution is 2.37. The molecule has 0 atom stereocenters. The summed E-state index contributed by atoms with van der Waals surface area (Å²) >= 11 is 6.04. The minimum absolute atomic E-state index is 0.00962. The van der Waals surface area contributed by atoms with E-state index < -0.39 is 17.8 Å². The quantitative estimate of drug-likeness (QED) is 0.173. The van der Waals surface area contributed by atoms with Gasteiger partial charge in [0.1, 0.15) is 17.3 Å². The number of benzene rings is 3. The van der Waals surface area contributed by atoms with Crippen molar-refractivity contribution in [1.29, 1.82) is 0 Å². The molecule has 0 N–H and O–H groups in total. The van der Waals surface area contributed by atoms with Crippen LogP contribution in [0.15, 0.2) is 90.2 Å². The molecule has 1 aromatic heterocycles. The molecule has 0 spiro atoms. The molecule has 0 radical (unpaired) electrons. The van der Waals surface area contributed by atoms with Gasteiger partial charge < -0.3 is 9.47 Å². The van der Waals surface area contributed by atoms with Crippen LogP contribution in [0.4, 0.5) is 14.9 Å². The van der Waals surface area contributed by atoms with Crippen molar-refractivity contribution < 1.29 is 28.1 Å². The number of hydrogen-bond acceptors (Lipinski definition) is 4. The van der Waals surface area contributed by atoms with Crippen molar-refractivity contribution in [3.63, 3.8) is 0 Å². The minimum Gasteiger partial charge on any atom is -0.489 e. The predicted octanol–water partition coefficient (Wildman–Crippen LogP) is 7.76. The molecule has 2 aliphatic rings. The van der Waals surface area contributed by atoms with E-state index in [2.05, 4.69) is 78.1 Å². The maximum atomic E-state index is 14.3. The molecule has 222 valence electrons. The highest BCUT2D eigenvalue weighted by Gasteiger charge is 2.40. The molecule has 1 aliphatic carbocycles. The maximum absolute atomic E-state index is 14.3. The number of imide groups is 1. The van der Waals surface area contributed by atoms with Crippen LogP contribution in [-0.2, 0) is 23.6 Å². The molecule has 9 heteroatoms. The van der Waals surface area contributed by atoms with E-state index in [0.717, 1.165) is 31.7 Å². The smallest absolute Gasteiger partial charge is 0.427 e. The summed E-state index contributed by atoms with van der Waals surface area (Å²) < 4.78 is 29.4. The number of hydrogen-bond donors (Lipinski definition) is 0. The Morgan fingerprint density at radius 1 is 0.953 bits per heavy atom. The zero-order valence-corrected chi connectivity index (χ0v) is 25.4. The number of cyclic esters (lactones) is 1. The number of allylic oxidation sites excluding steroid dienone is 1. The van der Waals surface area contributed by atoms with Crippen molar-refractivity contribution in [3.8, 4) is 28.3 Å². The molecule has 2 amide bonds. The van der Waals surface area contributed by atoms with E-state index in [1.165, 1.54) is 28.6 Å². The second-order valence-electron chi connectivity index (χ2n) is 10.8. The number of aromatic nitrogens is 2. The second kappa shape index (κ2) is 12.8. The average Bonchev–Trinajstić information content (AvgIpc) is 3.70. The van der Waals surface area contributed by atoms with Crippen LogP contribution in [0.2, 0.25) is 5.02 Å². The van der Waals surface area contributed by atoms with Gasteiger partial charge in [0, 0.05) is 23.3 Å². The molecular weight excluding hydrogens is 569 g/mol. The molecule has 2 fully saturated rings. The van der Waals surface area contributed by atoms with E-state index in [0.29, 0.717) is 10.5 Å². The average molecular weight is 603 g/mol. The Balaban J connectivity index is 0.000000176. The normalized spacial score (nSPS) is 14.9. The van der Waals surface area contributed by atoms with Crippen LogP contribution in [0.25, 0.3) is 22.5 Å². The Kier molecular flexibility index (Phi) is 8.97. The number of anilines is 1. The van der Waals surface area contributed by atoms with E-state index in [1.54, 1.807) is 13.8 Å². The summed E-state index contributed by atoms with van der Waals surface area (Å²) in [6.45, 7) is 3.27. The van der Waals surface area contributed by atoms with E-state index in [-0.39, 0.29) is 28.3 Å². The Morgan fingerprint density at radius 3 is 2.14 bits per heavy atom. The summed E-state index contributed by atoms with van der Waals surface area (Å²) in [4.78, 5) is 25.0. The van der Waals surface area contributed by atoms with Gasteiger partial charge in [-0.3, -0.25) is 4.79 Å². The summed E-state index contributed by atoms with van der Waals surface area (Å²) in [7, 11) is 4.18. The highest BCUT2D eigenvalue weighted by molar-refractivity contribution is 6.32. The molecule has 1 aliphatic heterocycles. The number of carbonyl (C=O) groups is 2. The first kappa shape index (κ1) is 30.0. The third kappa shape index (κ3) is 6.34. The fraction of sp³-hybridized carbons (Fsp3) is 0.265. The van der Waals surface area contributed by atoms with Gasteiger partial charge >= 0.3 is 12.0 Å². The molecular formula is C34H34ClFN3O4+. The van der Waals surface area contributed by atoms with Crippen LogP contribution in [0.1, 0.15) is 39.5 Å². The van der Waals surface area contributed by atoms with E-state index >= 15 is 0 Å². The van der Waals surface area contributed by atoms with Gasteiger partial charge in [0.25, 0.3) is 0 Å². The van der Waals surface area contributed by atoms with Gasteiger partial charge in [0.05, 0.1) is 23.9 Å². The molecule has 1 saturated heterocycles. The van der Waals surface area contributed by atoms with Crippen LogP contribution in [-0.4, -0.2) is 22.8 Å². The van der Waals surface area contributed by atoms with Gasteiger partial charge in [0.2, 0.25) is 5.69 Å². The first-order valence-electron chi connectivity index (χ1n) is 14.2. The molecule has 0 bridgehead atoms. The topological polar surface area (TPSA) is 64.6 Å². The maximum Gasteiger partial charge on any atom is 0.427 e. The molecule has 6 rings (SSSR count).